The minimum atomic E-state index is -4.97. The maximum Gasteiger partial charge on any atom is 0.418 e. The molecule has 0 radical (unpaired) electrons. The third-order valence-electron chi connectivity index (χ3n) is 11.8. The number of amides is 1. The van der Waals surface area contributed by atoms with E-state index < -0.39 is 39.9 Å². The van der Waals surface area contributed by atoms with E-state index in [2.05, 4.69) is 15.0 Å². The molecule has 0 aliphatic carbocycles. The molecule has 17 heteroatoms. The van der Waals surface area contributed by atoms with Crippen molar-refractivity contribution in [3.8, 4) is 28.5 Å². The molecule has 5 aromatic rings. The van der Waals surface area contributed by atoms with E-state index in [0.717, 1.165) is 30.4 Å². The number of benzene rings is 3. The summed E-state index contributed by atoms with van der Waals surface area (Å²) in [5.41, 5.74) is -1.46. The number of methoxy groups -OCH3 is 2. The molecule has 3 aromatic carbocycles. The zero-order valence-corrected chi connectivity index (χ0v) is 35.5. The van der Waals surface area contributed by atoms with E-state index in [9.17, 15) is 4.79 Å². The number of carbonyl (C=O) groups is 1. The summed E-state index contributed by atoms with van der Waals surface area (Å²) >= 11 is 13.7. The Kier molecular flexibility index (Phi) is 12.0. The Morgan fingerprint density at radius 2 is 1.61 bits per heavy atom. The highest BCUT2D eigenvalue weighted by molar-refractivity contribution is 6.37. The number of halogens is 6. The van der Waals surface area contributed by atoms with Crippen molar-refractivity contribution in [2.24, 2.45) is 5.92 Å². The predicted molar refractivity (Wildman–Crippen MR) is 224 cm³/mol. The molecule has 3 atom stereocenters. The van der Waals surface area contributed by atoms with Crippen molar-refractivity contribution in [3.63, 3.8) is 0 Å². The Morgan fingerprint density at radius 1 is 0.951 bits per heavy atom. The Morgan fingerprint density at radius 3 is 2.21 bits per heavy atom. The highest BCUT2D eigenvalue weighted by Gasteiger charge is 2.47. The summed E-state index contributed by atoms with van der Waals surface area (Å²) in [5, 5.41) is -0.668. The first-order valence-electron chi connectivity index (χ1n) is 20.1. The summed E-state index contributed by atoms with van der Waals surface area (Å²) in [6.07, 6.45) is -2.30. The van der Waals surface area contributed by atoms with Gasteiger partial charge in [-0.15, -0.1) is 0 Å². The van der Waals surface area contributed by atoms with E-state index in [4.69, 9.17) is 42.1 Å². The van der Waals surface area contributed by atoms with Gasteiger partial charge in [0.15, 0.2) is 11.6 Å². The fraction of sp³-hybridized carbons (Fsp3) is 0.409. The summed E-state index contributed by atoms with van der Waals surface area (Å²) in [6.45, 7) is 4.77. The summed E-state index contributed by atoms with van der Waals surface area (Å²) in [5.74, 6) is 0.270. The van der Waals surface area contributed by atoms with E-state index in [1.165, 1.54) is 13.0 Å². The van der Waals surface area contributed by atoms with Gasteiger partial charge in [-0.3, -0.25) is 0 Å². The van der Waals surface area contributed by atoms with Gasteiger partial charge < -0.3 is 33.6 Å². The summed E-state index contributed by atoms with van der Waals surface area (Å²) in [6, 6.07) is 15.3. The summed E-state index contributed by atoms with van der Waals surface area (Å²) in [4.78, 5) is 32.2. The minimum Gasteiger partial charge on any atom is -0.497 e. The van der Waals surface area contributed by atoms with Gasteiger partial charge in [-0.1, -0.05) is 49.2 Å². The molecule has 2 bridgehead atoms. The lowest BCUT2D eigenvalue weighted by Crippen LogP contribution is -2.48. The van der Waals surface area contributed by atoms with Crippen LogP contribution in [0.5, 0.6) is 17.2 Å². The number of carbonyl (C=O) groups excluding carboxylic acids is 1. The van der Waals surface area contributed by atoms with E-state index in [-0.39, 0.29) is 76.8 Å². The molecule has 322 valence electrons. The zero-order valence-electron chi connectivity index (χ0n) is 34.0. The van der Waals surface area contributed by atoms with Gasteiger partial charge in [-0.05, 0) is 84.8 Å². The standard InChI is InChI=1S/C44H44Cl2F4N6O5/c1-5-6-17-60-43(57)55-21-27-11-12-28(55)22-56-31(27)23-61-40-34-39(52-42(46)53-41(34)56)37(47)33(36(40)45)38-35(44(48,49)50)24(2)18-32(51-38)54(19-25-7-13-29(58-3)14-8-25)20-26-9-15-30(59-4)16-10-26/h7-10,13-16,18,27-28,31H,5-6,11-12,17,19-23H2,1-4H3/t27-,28-,31-/m1/s1. The first kappa shape index (κ1) is 42.4. The van der Waals surface area contributed by atoms with Crippen LogP contribution >= 0.6 is 23.2 Å². The van der Waals surface area contributed by atoms with E-state index in [1.807, 2.05) is 36.1 Å². The van der Waals surface area contributed by atoms with Crippen LogP contribution in [-0.2, 0) is 24.0 Å². The highest BCUT2D eigenvalue weighted by Crippen LogP contribution is 2.52. The Hall–Kier alpha value is -5.28. The number of anilines is 2. The predicted octanol–water partition coefficient (Wildman–Crippen LogP) is 10.3. The van der Waals surface area contributed by atoms with E-state index in [0.29, 0.717) is 37.6 Å². The number of fused-ring (bicyclic) bond motifs is 2. The number of pyridine rings is 1. The smallest absolute Gasteiger partial charge is 0.418 e. The van der Waals surface area contributed by atoms with Crippen molar-refractivity contribution in [3.05, 3.63) is 93.0 Å². The van der Waals surface area contributed by atoms with Crippen molar-refractivity contribution >= 4 is 51.8 Å². The van der Waals surface area contributed by atoms with Crippen LogP contribution in [0.25, 0.3) is 22.2 Å². The number of hydrogen-bond acceptors (Lipinski definition) is 10. The molecule has 6 heterocycles. The van der Waals surface area contributed by atoms with Crippen molar-refractivity contribution in [1.29, 1.82) is 0 Å². The Balaban J connectivity index is 1.26. The molecular weight excluding hydrogens is 839 g/mol. The van der Waals surface area contributed by atoms with Gasteiger partial charge in [-0.2, -0.15) is 18.2 Å². The van der Waals surface area contributed by atoms with E-state index >= 15 is 17.6 Å². The first-order chi connectivity index (χ1) is 29.3. The van der Waals surface area contributed by atoms with Crippen LogP contribution in [0.1, 0.15) is 54.9 Å². The molecule has 4 aliphatic rings. The van der Waals surface area contributed by atoms with Gasteiger partial charge in [0.2, 0.25) is 5.28 Å². The molecule has 3 saturated heterocycles. The molecule has 0 unspecified atom stereocenters. The lowest BCUT2D eigenvalue weighted by atomic mass is 9.90. The molecule has 4 aliphatic heterocycles. The Labute approximate surface area is 360 Å². The maximum absolute atomic E-state index is 17.5. The zero-order chi connectivity index (χ0) is 43.2. The molecule has 3 fully saturated rings. The van der Waals surface area contributed by atoms with Gasteiger partial charge >= 0.3 is 12.3 Å². The molecule has 2 aromatic heterocycles. The second kappa shape index (κ2) is 17.2. The number of aryl methyl sites for hydroxylation is 1. The second-order valence-electron chi connectivity index (χ2n) is 15.6. The van der Waals surface area contributed by atoms with Crippen LogP contribution in [0.4, 0.5) is 34.0 Å². The van der Waals surface area contributed by atoms with Crippen LogP contribution in [-0.4, -0.2) is 78.6 Å². The second-order valence-corrected chi connectivity index (χ2v) is 16.3. The highest BCUT2D eigenvalue weighted by atomic mass is 35.5. The molecule has 0 saturated carbocycles. The average molecular weight is 884 g/mol. The average Bonchev–Trinajstić information content (AvgIpc) is 3.59. The molecule has 61 heavy (non-hydrogen) atoms. The van der Waals surface area contributed by atoms with Gasteiger partial charge in [-0.25, -0.2) is 19.2 Å². The van der Waals surface area contributed by atoms with Crippen molar-refractivity contribution < 1.29 is 41.3 Å². The fourth-order valence-electron chi connectivity index (χ4n) is 8.68. The van der Waals surface area contributed by atoms with Gasteiger partial charge in [0, 0.05) is 32.1 Å². The Bertz CT molecular complexity index is 2390. The largest absolute Gasteiger partial charge is 0.497 e. The summed E-state index contributed by atoms with van der Waals surface area (Å²) < 4.78 is 86.0. The summed E-state index contributed by atoms with van der Waals surface area (Å²) in [7, 11) is 3.11. The van der Waals surface area contributed by atoms with E-state index in [1.54, 1.807) is 48.3 Å². The third kappa shape index (κ3) is 8.26. The number of rotatable bonds is 11. The normalized spacial score (nSPS) is 18.3. The molecule has 9 rings (SSSR count). The monoisotopic (exact) mass is 882 g/mol. The molecule has 1 amide bonds. The van der Waals surface area contributed by atoms with Crippen molar-refractivity contribution in [2.45, 2.75) is 70.9 Å². The minimum absolute atomic E-state index is 0.0140. The van der Waals surface area contributed by atoms with Crippen LogP contribution in [0.2, 0.25) is 10.3 Å². The number of piperidine rings is 1. The molecule has 0 spiro atoms. The van der Waals surface area contributed by atoms with Crippen LogP contribution in [0, 0.1) is 18.7 Å². The van der Waals surface area contributed by atoms with Crippen molar-refractivity contribution in [1.82, 2.24) is 19.9 Å². The molecule has 11 nitrogen and oxygen atoms in total. The number of alkyl halides is 3. The first-order valence-corrected chi connectivity index (χ1v) is 20.9. The number of nitrogens with zero attached hydrogens (tertiary/aromatic N) is 6. The quantitative estimate of drug-likeness (QED) is 0.0724. The number of aromatic nitrogens is 3. The van der Waals surface area contributed by atoms with Gasteiger partial charge in [0.05, 0.1) is 60.1 Å². The SMILES string of the molecule is CCCCOC(=O)N1C[C@H]2CC[C@@H]1CN1c3nc(Cl)nc4c(F)c(-c5nc(N(Cc6ccc(OC)cc6)Cc6ccc(OC)cc6)cc(C)c5C(F)(F)F)c(Cl)c(c34)OC[C@H]21. The van der Waals surface area contributed by atoms with Crippen LogP contribution in [0.15, 0.2) is 54.6 Å². The lowest BCUT2D eigenvalue weighted by Gasteiger charge is -2.36. The molecule has 0 N–H and O–H groups in total. The topological polar surface area (TPSA) is 102 Å². The van der Waals surface area contributed by atoms with Crippen LogP contribution < -0.4 is 24.0 Å². The molecular formula is C44H44Cl2F4N6O5. The lowest BCUT2D eigenvalue weighted by molar-refractivity contribution is -0.137. The van der Waals surface area contributed by atoms with Gasteiger partial charge in [0.25, 0.3) is 0 Å². The van der Waals surface area contributed by atoms with Gasteiger partial charge in [0.1, 0.15) is 35.3 Å². The fourth-order valence-corrected chi connectivity index (χ4v) is 9.17. The third-order valence-corrected chi connectivity index (χ3v) is 12.3. The van der Waals surface area contributed by atoms with Crippen molar-refractivity contribution in [2.75, 3.05) is 50.3 Å². The number of ether oxygens (including phenoxy) is 4. The maximum atomic E-state index is 17.5. The number of hydrogen-bond donors (Lipinski definition) is 0. The number of unbranched alkanes of at least 4 members (excludes halogenated alkanes) is 1. The van der Waals surface area contributed by atoms with Crippen LogP contribution in [0.3, 0.4) is 0 Å².